The molecule has 1 aliphatic rings. The molecule has 3 nitrogen and oxygen atoms in total. The summed E-state index contributed by atoms with van der Waals surface area (Å²) in [4.78, 5) is 14.1. The first-order chi connectivity index (χ1) is 8.58. The minimum absolute atomic E-state index is 0.167. The van der Waals surface area contributed by atoms with Gasteiger partial charge in [0, 0.05) is 13.1 Å². The maximum absolute atomic E-state index is 12.3. The summed E-state index contributed by atoms with van der Waals surface area (Å²) < 4.78 is 0. The van der Waals surface area contributed by atoms with Crippen LogP contribution in [-0.4, -0.2) is 29.0 Å². The zero-order valence-corrected chi connectivity index (χ0v) is 11.0. The topological polar surface area (TPSA) is 40.5 Å². The van der Waals surface area contributed by atoms with Crippen LogP contribution >= 0.6 is 0 Å². The molecular formula is C15H21NO2. The molecule has 3 unspecified atom stereocenters. The quantitative estimate of drug-likeness (QED) is 0.870. The number of benzene rings is 1. The van der Waals surface area contributed by atoms with Crippen LogP contribution in [0.4, 0.5) is 0 Å². The van der Waals surface area contributed by atoms with Gasteiger partial charge in [0.25, 0.3) is 5.91 Å². The zero-order chi connectivity index (χ0) is 13.1. The van der Waals surface area contributed by atoms with Gasteiger partial charge >= 0.3 is 0 Å². The normalized spacial score (nSPS) is 25.8. The Hall–Kier alpha value is -1.35. The Morgan fingerprint density at radius 1 is 1.22 bits per heavy atom. The second kappa shape index (κ2) is 5.53. The van der Waals surface area contributed by atoms with Gasteiger partial charge in [0.15, 0.2) is 6.10 Å². The van der Waals surface area contributed by atoms with E-state index in [0.717, 1.165) is 19.5 Å². The van der Waals surface area contributed by atoms with Crippen molar-refractivity contribution in [1.29, 1.82) is 0 Å². The summed E-state index contributed by atoms with van der Waals surface area (Å²) in [5, 5.41) is 10.1. The highest BCUT2D eigenvalue weighted by molar-refractivity contribution is 5.82. The molecule has 0 bridgehead atoms. The number of carbonyl (C=O) groups excluding carboxylic acids is 1. The van der Waals surface area contributed by atoms with Crippen molar-refractivity contribution in [1.82, 2.24) is 4.90 Å². The van der Waals surface area contributed by atoms with Crippen LogP contribution in [0.2, 0.25) is 0 Å². The molecule has 3 atom stereocenters. The van der Waals surface area contributed by atoms with Gasteiger partial charge in [0.05, 0.1) is 0 Å². The van der Waals surface area contributed by atoms with Crippen molar-refractivity contribution in [3.8, 4) is 0 Å². The van der Waals surface area contributed by atoms with Crippen molar-refractivity contribution >= 4 is 5.91 Å². The maximum atomic E-state index is 12.3. The summed E-state index contributed by atoms with van der Waals surface area (Å²) in [6.07, 6.45) is 0.134. The largest absolute Gasteiger partial charge is 0.378 e. The smallest absolute Gasteiger partial charge is 0.256 e. The first-order valence-electron chi connectivity index (χ1n) is 6.59. The number of likely N-dealkylation sites (tertiary alicyclic amines) is 1. The van der Waals surface area contributed by atoms with Gasteiger partial charge in [-0.25, -0.2) is 0 Å². The number of hydrogen-bond donors (Lipinski definition) is 1. The minimum atomic E-state index is -1.02. The van der Waals surface area contributed by atoms with Gasteiger partial charge < -0.3 is 10.0 Å². The number of piperidine rings is 1. The Balaban J connectivity index is 2.07. The Kier molecular flexibility index (Phi) is 4.02. The van der Waals surface area contributed by atoms with Crippen molar-refractivity contribution in [3.63, 3.8) is 0 Å². The summed E-state index contributed by atoms with van der Waals surface area (Å²) in [6, 6.07) is 9.14. The van der Waals surface area contributed by atoms with Crippen molar-refractivity contribution in [2.75, 3.05) is 13.1 Å². The third kappa shape index (κ3) is 2.91. The number of hydrogen-bond acceptors (Lipinski definition) is 2. The van der Waals surface area contributed by atoms with Crippen LogP contribution in [0.5, 0.6) is 0 Å². The fraction of sp³-hybridized carbons (Fsp3) is 0.533. The van der Waals surface area contributed by atoms with E-state index in [0.29, 0.717) is 17.4 Å². The lowest BCUT2D eigenvalue weighted by molar-refractivity contribution is -0.143. The fourth-order valence-corrected chi connectivity index (χ4v) is 2.79. The predicted octanol–water partition coefficient (Wildman–Crippen LogP) is 2.22. The van der Waals surface area contributed by atoms with Crippen molar-refractivity contribution in [2.45, 2.75) is 26.4 Å². The van der Waals surface area contributed by atoms with E-state index in [1.807, 2.05) is 18.2 Å². The first-order valence-corrected chi connectivity index (χ1v) is 6.59. The molecule has 2 rings (SSSR count). The van der Waals surface area contributed by atoms with Gasteiger partial charge in [0.2, 0.25) is 0 Å². The van der Waals surface area contributed by atoms with E-state index < -0.39 is 6.10 Å². The molecule has 1 fully saturated rings. The van der Waals surface area contributed by atoms with E-state index in [9.17, 15) is 9.90 Å². The Morgan fingerprint density at radius 2 is 1.78 bits per heavy atom. The molecule has 0 spiro atoms. The average molecular weight is 247 g/mol. The van der Waals surface area contributed by atoms with E-state index in [-0.39, 0.29) is 5.91 Å². The molecule has 1 amide bonds. The maximum Gasteiger partial charge on any atom is 0.256 e. The molecular weight excluding hydrogens is 226 g/mol. The number of aliphatic hydroxyl groups is 1. The Morgan fingerprint density at radius 3 is 2.33 bits per heavy atom. The number of aliphatic hydroxyl groups excluding tert-OH is 1. The molecule has 98 valence electrons. The lowest BCUT2D eigenvalue weighted by Crippen LogP contribution is -2.44. The van der Waals surface area contributed by atoms with Crippen LogP contribution in [0, 0.1) is 11.8 Å². The highest BCUT2D eigenvalue weighted by Crippen LogP contribution is 2.24. The molecule has 0 saturated carbocycles. The summed E-state index contributed by atoms with van der Waals surface area (Å²) >= 11 is 0. The van der Waals surface area contributed by atoms with Crippen LogP contribution in [-0.2, 0) is 4.79 Å². The first kappa shape index (κ1) is 13.1. The van der Waals surface area contributed by atoms with E-state index in [2.05, 4.69) is 13.8 Å². The summed E-state index contributed by atoms with van der Waals surface area (Å²) in [5.74, 6) is 0.862. The second-order valence-corrected chi connectivity index (χ2v) is 5.50. The summed E-state index contributed by atoms with van der Waals surface area (Å²) in [5.41, 5.74) is 0.674. The predicted molar refractivity (Wildman–Crippen MR) is 70.9 cm³/mol. The van der Waals surface area contributed by atoms with E-state index in [1.54, 1.807) is 17.0 Å². The highest BCUT2D eigenvalue weighted by Gasteiger charge is 2.29. The molecule has 1 saturated heterocycles. The molecule has 1 aromatic carbocycles. The van der Waals surface area contributed by atoms with Gasteiger partial charge in [-0.3, -0.25) is 4.79 Å². The van der Waals surface area contributed by atoms with Gasteiger partial charge in [-0.05, 0) is 23.8 Å². The van der Waals surface area contributed by atoms with Crippen LogP contribution < -0.4 is 0 Å². The molecule has 0 radical (unpaired) electrons. The number of carbonyl (C=O) groups is 1. The van der Waals surface area contributed by atoms with Crippen molar-refractivity contribution in [3.05, 3.63) is 35.9 Å². The average Bonchev–Trinajstić information content (AvgIpc) is 2.37. The van der Waals surface area contributed by atoms with E-state index >= 15 is 0 Å². The van der Waals surface area contributed by atoms with Crippen LogP contribution in [0.15, 0.2) is 30.3 Å². The molecule has 1 N–H and O–H groups in total. The van der Waals surface area contributed by atoms with Crippen molar-refractivity contribution in [2.24, 2.45) is 11.8 Å². The van der Waals surface area contributed by atoms with Crippen LogP contribution in [0.1, 0.15) is 31.9 Å². The molecule has 0 aliphatic carbocycles. The Labute approximate surface area is 108 Å². The summed E-state index contributed by atoms with van der Waals surface area (Å²) in [7, 11) is 0. The number of nitrogens with zero attached hydrogens (tertiary/aromatic N) is 1. The SMILES string of the molecule is CC1CC(C)CN(C(=O)C(O)c2ccccc2)C1. The number of rotatable bonds is 2. The minimum Gasteiger partial charge on any atom is -0.378 e. The third-order valence-electron chi connectivity index (χ3n) is 3.53. The molecule has 1 aliphatic heterocycles. The van der Waals surface area contributed by atoms with Gasteiger partial charge in [-0.1, -0.05) is 44.2 Å². The Bertz CT molecular complexity index is 394. The third-order valence-corrected chi connectivity index (χ3v) is 3.53. The summed E-state index contributed by atoms with van der Waals surface area (Å²) in [6.45, 7) is 5.83. The van der Waals surface area contributed by atoms with Crippen LogP contribution in [0.25, 0.3) is 0 Å². The standard InChI is InChI=1S/C15H21NO2/c1-11-8-12(2)10-16(9-11)15(18)14(17)13-6-4-3-5-7-13/h3-7,11-12,14,17H,8-10H2,1-2H3. The van der Waals surface area contributed by atoms with Gasteiger partial charge in [-0.15, -0.1) is 0 Å². The molecule has 1 aromatic rings. The van der Waals surface area contributed by atoms with Crippen LogP contribution in [0.3, 0.4) is 0 Å². The van der Waals surface area contributed by atoms with Gasteiger partial charge in [0.1, 0.15) is 0 Å². The molecule has 3 heteroatoms. The molecule has 0 aromatic heterocycles. The van der Waals surface area contributed by atoms with E-state index in [1.165, 1.54) is 0 Å². The monoisotopic (exact) mass is 247 g/mol. The lowest BCUT2D eigenvalue weighted by Gasteiger charge is -2.36. The van der Waals surface area contributed by atoms with E-state index in [4.69, 9.17) is 0 Å². The number of amides is 1. The second-order valence-electron chi connectivity index (χ2n) is 5.50. The lowest BCUT2D eigenvalue weighted by atomic mass is 9.91. The zero-order valence-electron chi connectivity index (χ0n) is 11.0. The molecule has 1 heterocycles. The molecule has 18 heavy (non-hydrogen) atoms. The van der Waals surface area contributed by atoms with Crippen molar-refractivity contribution < 1.29 is 9.90 Å². The fourth-order valence-electron chi connectivity index (χ4n) is 2.79. The van der Waals surface area contributed by atoms with Gasteiger partial charge in [-0.2, -0.15) is 0 Å². The highest BCUT2D eigenvalue weighted by atomic mass is 16.3.